The van der Waals surface area contributed by atoms with Gasteiger partial charge in [0.15, 0.2) is 4.87 Å². The molecule has 1 N–H and O–H groups in total. The maximum atomic E-state index is 13.3. The van der Waals surface area contributed by atoms with Crippen LogP contribution in [0.2, 0.25) is 0 Å². The zero-order valence-electron chi connectivity index (χ0n) is 16.4. The van der Waals surface area contributed by atoms with Crippen LogP contribution < -0.4 is 5.32 Å². The van der Waals surface area contributed by atoms with Gasteiger partial charge in [-0.1, -0.05) is 24.8 Å². The van der Waals surface area contributed by atoms with Gasteiger partial charge in [-0.05, 0) is 18.7 Å². The van der Waals surface area contributed by atoms with Crippen LogP contribution in [0, 0.1) is 0 Å². The van der Waals surface area contributed by atoms with E-state index in [1.54, 1.807) is 25.0 Å². The largest absolute Gasteiger partial charge is 0.379 e. The van der Waals surface area contributed by atoms with E-state index in [2.05, 4.69) is 31.9 Å². The number of hydrogen-bond acceptors (Lipinski definition) is 7. The van der Waals surface area contributed by atoms with Gasteiger partial charge in [-0.2, -0.15) is 0 Å². The predicted octanol–water partition coefficient (Wildman–Crippen LogP) is 0.586. The second kappa shape index (κ2) is 9.84. The Morgan fingerprint density at radius 2 is 1.93 bits per heavy atom. The van der Waals surface area contributed by atoms with Crippen molar-refractivity contribution in [2.75, 3.05) is 72.6 Å². The number of thioether (sulfide) groups is 1. The number of aromatic nitrogens is 1. The minimum atomic E-state index is -0.694. The average Bonchev–Trinajstić information content (AvgIpc) is 2.74. The van der Waals surface area contributed by atoms with Crippen LogP contribution in [0.5, 0.6) is 0 Å². The molecule has 2 fully saturated rings. The maximum Gasteiger partial charge on any atom is 0.252 e. The Morgan fingerprint density at radius 1 is 1.19 bits per heavy atom. The molecule has 7 nitrogen and oxygen atoms in total. The van der Waals surface area contributed by atoms with Crippen molar-refractivity contribution in [1.82, 2.24) is 25.0 Å². The lowest BCUT2D eigenvalue weighted by atomic mass is 10.1. The Morgan fingerprint density at radius 3 is 2.52 bits per heavy atom. The van der Waals surface area contributed by atoms with Crippen molar-refractivity contribution in [3.63, 3.8) is 0 Å². The first kappa shape index (κ1) is 20.5. The average molecular weight is 394 g/mol. The number of likely N-dealkylation sites (N-methyl/N-ethyl adjacent to an activating group) is 2. The van der Waals surface area contributed by atoms with Gasteiger partial charge < -0.3 is 15.0 Å². The molecule has 27 heavy (non-hydrogen) atoms. The van der Waals surface area contributed by atoms with Crippen molar-refractivity contribution in [2.45, 2.75) is 16.8 Å². The summed E-state index contributed by atoms with van der Waals surface area (Å²) in [6.45, 7) is 10.8. The van der Waals surface area contributed by atoms with E-state index in [0.29, 0.717) is 6.54 Å². The number of rotatable bonds is 7. The number of piperazine rings is 1. The van der Waals surface area contributed by atoms with Gasteiger partial charge in [0.25, 0.3) is 5.91 Å². The number of nitrogens with one attached hydrogen (secondary N) is 1. The van der Waals surface area contributed by atoms with E-state index >= 15 is 0 Å². The lowest BCUT2D eigenvalue weighted by molar-refractivity contribution is -0.130. The van der Waals surface area contributed by atoms with Gasteiger partial charge in [-0.25, -0.2) is 4.98 Å². The van der Waals surface area contributed by atoms with Crippen LogP contribution >= 0.6 is 11.8 Å². The molecule has 3 rings (SSSR count). The molecule has 3 heterocycles. The fourth-order valence-corrected chi connectivity index (χ4v) is 5.08. The normalized spacial score (nSPS) is 22.3. The Balaban J connectivity index is 1.89. The molecule has 8 heteroatoms. The molecule has 0 aromatic carbocycles. The van der Waals surface area contributed by atoms with Crippen LogP contribution in [0.1, 0.15) is 6.92 Å². The predicted molar refractivity (Wildman–Crippen MR) is 108 cm³/mol. The van der Waals surface area contributed by atoms with Crippen LogP contribution in [0.15, 0.2) is 29.4 Å². The number of carbonyl (C=O) groups is 1. The Labute approximate surface area is 166 Å². The molecule has 1 aromatic rings. The number of morpholine rings is 1. The molecule has 1 unspecified atom stereocenters. The molecule has 0 radical (unpaired) electrons. The molecule has 1 amide bonds. The fourth-order valence-electron chi connectivity index (χ4n) is 3.72. The molecule has 1 aromatic heterocycles. The van der Waals surface area contributed by atoms with Crippen molar-refractivity contribution in [2.24, 2.45) is 0 Å². The number of carbonyl (C=O) groups excluding carboxylic acids is 1. The van der Waals surface area contributed by atoms with Crippen molar-refractivity contribution < 1.29 is 9.53 Å². The molecule has 2 saturated heterocycles. The lowest BCUT2D eigenvalue weighted by Crippen LogP contribution is -2.66. The highest BCUT2D eigenvalue weighted by atomic mass is 32.2. The van der Waals surface area contributed by atoms with E-state index in [1.165, 1.54) is 0 Å². The van der Waals surface area contributed by atoms with E-state index in [4.69, 9.17) is 4.74 Å². The van der Waals surface area contributed by atoms with Gasteiger partial charge in [-0.15, -0.1) is 0 Å². The fraction of sp³-hybridized carbons (Fsp3) is 0.684. The first-order chi connectivity index (χ1) is 13.2. The molecule has 150 valence electrons. The zero-order chi connectivity index (χ0) is 19.1. The second-order valence-corrected chi connectivity index (χ2v) is 8.24. The minimum Gasteiger partial charge on any atom is -0.379 e. The van der Waals surface area contributed by atoms with E-state index < -0.39 is 4.87 Å². The van der Waals surface area contributed by atoms with Gasteiger partial charge in [0.05, 0.1) is 18.2 Å². The zero-order valence-corrected chi connectivity index (χ0v) is 17.2. The highest BCUT2D eigenvalue weighted by molar-refractivity contribution is 8.01. The molecule has 0 spiro atoms. The monoisotopic (exact) mass is 393 g/mol. The van der Waals surface area contributed by atoms with Gasteiger partial charge in [0, 0.05) is 59.1 Å². The van der Waals surface area contributed by atoms with Gasteiger partial charge >= 0.3 is 0 Å². The maximum absolute atomic E-state index is 13.3. The van der Waals surface area contributed by atoms with Crippen LogP contribution in [0.4, 0.5) is 0 Å². The van der Waals surface area contributed by atoms with Crippen molar-refractivity contribution in [3.05, 3.63) is 24.4 Å². The summed E-state index contributed by atoms with van der Waals surface area (Å²) in [6.07, 6.45) is 1.79. The molecule has 2 aliphatic heterocycles. The SMILES string of the molecule is CCN1CCN(C(CN2CCOCC2)(Sc2ccccn2)C(=O)NC)CC1. The summed E-state index contributed by atoms with van der Waals surface area (Å²) in [5, 5.41) is 3.82. The van der Waals surface area contributed by atoms with Crippen LogP contribution in [-0.2, 0) is 9.53 Å². The molecule has 0 bridgehead atoms. The standard InChI is InChI=1S/C19H31N5O2S/c1-3-22-8-10-24(11-9-22)19(18(25)20-2,16-23-12-14-26-15-13-23)27-17-6-4-5-7-21-17/h4-7H,3,8-16H2,1-2H3,(H,20,25). The summed E-state index contributed by atoms with van der Waals surface area (Å²) in [5.41, 5.74) is 0. The van der Waals surface area contributed by atoms with Crippen LogP contribution in [0.25, 0.3) is 0 Å². The minimum absolute atomic E-state index is 0.0505. The third kappa shape index (κ3) is 5.00. The quantitative estimate of drug-likeness (QED) is 0.680. The molecule has 0 saturated carbocycles. The lowest BCUT2D eigenvalue weighted by Gasteiger charge is -2.47. The molecule has 2 aliphatic rings. The Kier molecular flexibility index (Phi) is 7.49. The summed E-state index contributed by atoms with van der Waals surface area (Å²) < 4.78 is 5.51. The third-order valence-electron chi connectivity index (χ3n) is 5.36. The van der Waals surface area contributed by atoms with E-state index in [-0.39, 0.29) is 5.91 Å². The smallest absolute Gasteiger partial charge is 0.252 e. The number of pyridine rings is 1. The van der Waals surface area contributed by atoms with E-state index in [1.807, 2.05) is 18.2 Å². The summed E-state index contributed by atoms with van der Waals surface area (Å²) in [4.78, 5) is 24.2. The van der Waals surface area contributed by atoms with E-state index in [0.717, 1.165) is 64.1 Å². The summed E-state index contributed by atoms with van der Waals surface area (Å²) >= 11 is 1.58. The topological polar surface area (TPSA) is 60.9 Å². The Hall–Kier alpha value is -1.19. The Bertz CT molecular complexity index is 591. The van der Waals surface area contributed by atoms with Crippen LogP contribution in [-0.4, -0.2) is 103 Å². The summed E-state index contributed by atoms with van der Waals surface area (Å²) in [7, 11) is 1.73. The number of hydrogen-bond donors (Lipinski definition) is 1. The molecular weight excluding hydrogens is 362 g/mol. The number of ether oxygens (including phenoxy) is 1. The van der Waals surface area contributed by atoms with Gasteiger partial charge in [0.1, 0.15) is 0 Å². The summed E-state index contributed by atoms with van der Waals surface area (Å²) in [5.74, 6) is 0.0505. The molecule has 0 aliphatic carbocycles. The first-order valence-corrected chi connectivity index (χ1v) is 10.6. The van der Waals surface area contributed by atoms with Crippen LogP contribution in [0.3, 0.4) is 0 Å². The summed E-state index contributed by atoms with van der Waals surface area (Å²) in [6, 6.07) is 5.88. The highest BCUT2D eigenvalue weighted by Crippen LogP contribution is 2.37. The molecule has 1 atom stereocenters. The van der Waals surface area contributed by atoms with Crippen molar-refractivity contribution in [1.29, 1.82) is 0 Å². The van der Waals surface area contributed by atoms with Gasteiger partial charge in [-0.3, -0.25) is 14.6 Å². The van der Waals surface area contributed by atoms with Crippen molar-refractivity contribution >= 4 is 17.7 Å². The molecular formula is C19H31N5O2S. The van der Waals surface area contributed by atoms with Gasteiger partial charge in [0.2, 0.25) is 0 Å². The van der Waals surface area contributed by atoms with E-state index in [9.17, 15) is 4.79 Å². The first-order valence-electron chi connectivity index (χ1n) is 9.77. The highest BCUT2D eigenvalue weighted by Gasteiger charge is 2.47. The van der Waals surface area contributed by atoms with Crippen molar-refractivity contribution in [3.8, 4) is 0 Å². The number of amides is 1. The third-order valence-corrected chi connectivity index (χ3v) is 6.73. The number of nitrogens with zero attached hydrogens (tertiary/aromatic N) is 4. The second-order valence-electron chi connectivity index (χ2n) is 6.94.